The first kappa shape index (κ1) is 20.8. The second-order valence-electron chi connectivity index (χ2n) is 5.89. The number of amides is 1. The van der Waals surface area contributed by atoms with Gasteiger partial charge in [0, 0.05) is 17.5 Å². The Labute approximate surface area is 156 Å². The summed E-state index contributed by atoms with van der Waals surface area (Å²) in [6.07, 6.45) is 2.21. The van der Waals surface area contributed by atoms with Crippen LogP contribution in [-0.4, -0.2) is 23.0 Å². The van der Waals surface area contributed by atoms with E-state index in [0.29, 0.717) is 23.2 Å². The lowest BCUT2D eigenvalue weighted by Gasteiger charge is -2.29. The van der Waals surface area contributed by atoms with Crippen molar-refractivity contribution in [1.29, 1.82) is 0 Å². The number of hydrogen-bond acceptors (Lipinski definition) is 4. The first-order chi connectivity index (χ1) is 10.5. The molecule has 1 aliphatic rings. The van der Waals surface area contributed by atoms with Gasteiger partial charge in [0.05, 0.1) is 5.54 Å². The minimum absolute atomic E-state index is 0. The lowest BCUT2D eigenvalue weighted by Crippen LogP contribution is -2.53. The smallest absolute Gasteiger partial charge is 0.271 e. The third-order valence-electron chi connectivity index (χ3n) is 4.13. The van der Waals surface area contributed by atoms with E-state index >= 15 is 0 Å². The summed E-state index contributed by atoms with van der Waals surface area (Å²) >= 11 is 1.37. The van der Waals surface area contributed by atoms with Crippen LogP contribution in [0.3, 0.4) is 0 Å². The average Bonchev–Trinajstić information content (AvgIpc) is 3.26. The van der Waals surface area contributed by atoms with Gasteiger partial charge in [-0.2, -0.15) is 0 Å². The number of carbonyl (C=O) groups excluding carboxylic acids is 1. The largest absolute Gasteiger partial charge is 0.344 e. The maximum absolute atomic E-state index is 12.9. The molecule has 1 heterocycles. The number of nitrogens with two attached hydrogens (primary N) is 1. The molecule has 1 fully saturated rings. The molecule has 1 aromatic carbocycles. The molecule has 4 nitrogen and oxygen atoms in total. The summed E-state index contributed by atoms with van der Waals surface area (Å²) < 4.78 is 12.9. The molecular weight excluding hydrogens is 372 g/mol. The molecular formula is C16H20Cl2FN3OS. The van der Waals surface area contributed by atoms with E-state index < -0.39 is 0 Å². The molecule has 24 heavy (non-hydrogen) atoms. The Morgan fingerprint density at radius 2 is 2.00 bits per heavy atom. The molecule has 132 valence electrons. The number of nitrogens with zero attached hydrogens (tertiary/aromatic N) is 1. The molecule has 1 aromatic heterocycles. The number of hydrogen-bond donors (Lipinski definition) is 2. The van der Waals surface area contributed by atoms with Crippen LogP contribution in [0.5, 0.6) is 0 Å². The van der Waals surface area contributed by atoms with E-state index in [1.807, 2.05) is 6.92 Å². The van der Waals surface area contributed by atoms with E-state index in [2.05, 4.69) is 10.3 Å². The van der Waals surface area contributed by atoms with Crippen molar-refractivity contribution < 1.29 is 9.18 Å². The summed E-state index contributed by atoms with van der Waals surface area (Å²) in [5.74, 6) is -0.0393. The van der Waals surface area contributed by atoms with Crippen LogP contribution < -0.4 is 11.1 Å². The Bertz CT molecular complexity index is 691. The normalized spacial score (nSPS) is 15.6. The maximum Gasteiger partial charge on any atom is 0.271 e. The highest BCUT2D eigenvalue weighted by molar-refractivity contribution is 7.13. The van der Waals surface area contributed by atoms with Gasteiger partial charge in [-0.15, -0.1) is 36.2 Å². The summed E-state index contributed by atoms with van der Waals surface area (Å²) in [4.78, 5) is 16.7. The second-order valence-corrected chi connectivity index (χ2v) is 6.75. The third-order valence-corrected chi connectivity index (χ3v) is 5.02. The van der Waals surface area contributed by atoms with Crippen molar-refractivity contribution in [1.82, 2.24) is 10.3 Å². The van der Waals surface area contributed by atoms with Gasteiger partial charge in [-0.1, -0.05) is 0 Å². The van der Waals surface area contributed by atoms with Gasteiger partial charge in [0.2, 0.25) is 0 Å². The standard InChI is InChI=1S/C16H18FN3OS.2ClH/c1-16(9-18,11-4-5-11)20-14(21)13-8-22-15(19-13)10-2-6-12(17)7-3-10;;/h2-3,6-8,11H,4-5,9,18H2,1H3,(H,20,21);2*1H. The Hall–Kier alpha value is -1.21. The predicted molar refractivity (Wildman–Crippen MR) is 99.7 cm³/mol. The molecule has 1 amide bonds. The third kappa shape index (κ3) is 4.45. The number of carbonyl (C=O) groups is 1. The highest BCUT2D eigenvalue weighted by atomic mass is 35.5. The molecule has 3 N–H and O–H groups in total. The average molecular weight is 392 g/mol. The van der Waals surface area contributed by atoms with Crippen molar-refractivity contribution >= 4 is 42.1 Å². The minimum atomic E-state index is -0.364. The molecule has 0 aliphatic heterocycles. The number of benzene rings is 1. The van der Waals surface area contributed by atoms with Gasteiger partial charge in [-0.3, -0.25) is 4.79 Å². The molecule has 0 saturated heterocycles. The predicted octanol–water partition coefficient (Wildman–Crippen LogP) is 3.65. The van der Waals surface area contributed by atoms with E-state index in [1.165, 1.54) is 23.5 Å². The van der Waals surface area contributed by atoms with E-state index in [1.54, 1.807) is 17.5 Å². The van der Waals surface area contributed by atoms with Gasteiger partial charge < -0.3 is 11.1 Å². The van der Waals surface area contributed by atoms with Crippen molar-refractivity contribution in [3.63, 3.8) is 0 Å². The number of thiazole rings is 1. The summed E-state index contributed by atoms with van der Waals surface area (Å²) in [6.45, 7) is 2.40. The fraction of sp³-hybridized carbons (Fsp3) is 0.375. The lowest BCUT2D eigenvalue weighted by molar-refractivity contribution is 0.0893. The molecule has 1 atom stereocenters. The lowest BCUT2D eigenvalue weighted by atomic mass is 9.96. The van der Waals surface area contributed by atoms with Crippen molar-refractivity contribution in [3.05, 3.63) is 41.2 Å². The summed E-state index contributed by atoms with van der Waals surface area (Å²) in [5.41, 5.74) is 6.63. The number of nitrogens with one attached hydrogen (secondary N) is 1. The molecule has 0 radical (unpaired) electrons. The summed E-state index contributed by atoms with van der Waals surface area (Å²) in [5, 5.41) is 5.44. The van der Waals surface area contributed by atoms with Crippen LogP contribution >= 0.6 is 36.2 Å². The molecule has 0 bridgehead atoms. The van der Waals surface area contributed by atoms with Crippen LogP contribution in [0, 0.1) is 11.7 Å². The molecule has 8 heteroatoms. The van der Waals surface area contributed by atoms with Gasteiger partial charge in [0.25, 0.3) is 5.91 Å². The topological polar surface area (TPSA) is 68.0 Å². The first-order valence-electron chi connectivity index (χ1n) is 7.26. The van der Waals surface area contributed by atoms with Gasteiger partial charge >= 0.3 is 0 Å². The quantitative estimate of drug-likeness (QED) is 0.816. The highest BCUT2D eigenvalue weighted by Crippen LogP contribution is 2.39. The van der Waals surface area contributed by atoms with Crippen LogP contribution in [0.4, 0.5) is 4.39 Å². The molecule has 3 rings (SSSR count). The van der Waals surface area contributed by atoms with Crippen molar-refractivity contribution in [2.45, 2.75) is 25.3 Å². The summed E-state index contributed by atoms with van der Waals surface area (Å²) in [7, 11) is 0. The van der Waals surface area contributed by atoms with E-state index in [4.69, 9.17) is 5.73 Å². The molecule has 2 aromatic rings. The number of halogens is 3. The van der Waals surface area contributed by atoms with Crippen LogP contribution in [0.15, 0.2) is 29.6 Å². The van der Waals surface area contributed by atoms with E-state index in [-0.39, 0.29) is 42.1 Å². The van der Waals surface area contributed by atoms with Gasteiger partial charge in [0.15, 0.2) is 0 Å². The van der Waals surface area contributed by atoms with E-state index in [9.17, 15) is 9.18 Å². The van der Waals surface area contributed by atoms with Crippen molar-refractivity contribution in [2.24, 2.45) is 11.7 Å². The molecule has 1 unspecified atom stereocenters. The van der Waals surface area contributed by atoms with Crippen LogP contribution in [0.1, 0.15) is 30.3 Å². The highest BCUT2D eigenvalue weighted by Gasteiger charge is 2.41. The number of rotatable bonds is 5. The minimum Gasteiger partial charge on any atom is -0.344 e. The van der Waals surface area contributed by atoms with Gasteiger partial charge in [-0.05, 0) is 49.9 Å². The maximum atomic E-state index is 12.9. The van der Waals surface area contributed by atoms with Crippen LogP contribution in [0.2, 0.25) is 0 Å². The van der Waals surface area contributed by atoms with Crippen molar-refractivity contribution in [2.75, 3.05) is 6.54 Å². The molecule has 1 saturated carbocycles. The second kappa shape index (κ2) is 8.25. The number of aromatic nitrogens is 1. The fourth-order valence-corrected chi connectivity index (χ4v) is 3.27. The van der Waals surface area contributed by atoms with Gasteiger partial charge in [-0.25, -0.2) is 9.37 Å². The zero-order valence-corrected chi connectivity index (χ0v) is 15.6. The fourth-order valence-electron chi connectivity index (χ4n) is 2.47. The zero-order chi connectivity index (χ0) is 15.7. The Kier molecular flexibility index (Phi) is 7.16. The molecule has 1 aliphatic carbocycles. The Morgan fingerprint density at radius 3 is 2.54 bits per heavy atom. The zero-order valence-electron chi connectivity index (χ0n) is 13.1. The first-order valence-corrected chi connectivity index (χ1v) is 8.14. The Balaban J connectivity index is 0.00000144. The summed E-state index contributed by atoms with van der Waals surface area (Å²) in [6, 6.07) is 6.08. The Morgan fingerprint density at radius 1 is 1.38 bits per heavy atom. The molecule has 0 spiro atoms. The SMILES string of the molecule is CC(CN)(NC(=O)c1csc(-c2ccc(F)cc2)n1)C1CC1.Cl.Cl. The van der Waals surface area contributed by atoms with Crippen LogP contribution in [0.25, 0.3) is 10.6 Å². The van der Waals surface area contributed by atoms with Crippen LogP contribution in [-0.2, 0) is 0 Å². The van der Waals surface area contributed by atoms with E-state index in [0.717, 1.165) is 18.4 Å². The monoisotopic (exact) mass is 391 g/mol. The van der Waals surface area contributed by atoms with Crippen molar-refractivity contribution in [3.8, 4) is 10.6 Å². The van der Waals surface area contributed by atoms with Gasteiger partial charge in [0.1, 0.15) is 16.5 Å².